The highest BCUT2D eigenvalue weighted by molar-refractivity contribution is 5.91. The highest BCUT2D eigenvalue weighted by Gasteiger charge is 2.45. The lowest BCUT2D eigenvalue weighted by molar-refractivity contribution is -0.151. The maximum absolute atomic E-state index is 13.9. The van der Waals surface area contributed by atoms with Crippen LogP contribution in [0.3, 0.4) is 0 Å². The van der Waals surface area contributed by atoms with Gasteiger partial charge in [0.05, 0.1) is 13.0 Å². The maximum atomic E-state index is 13.9. The second-order valence-electron chi connectivity index (χ2n) is 8.40. The Morgan fingerprint density at radius 3 is 2.10 bits per heavy atom. The molecule has 2 aliphatic rings. The summed E-state index contributed by atoms with van der Waals surface area (Å²) in [5.74, 6) is -0.788. The van der Waals surface area contributed by atoms with Crippen LogP contribution in [0.15, 0.2) is 60.7 Å². The molecule has 30 heavy (non-hydrogen) atoms. The van der Waals surface area contributed by atoms with Crippen LogP contribution in [0, 0.1) is 0 Å². The van der Waals surface area contributed by atoms with E-state index < -0.39 is 12.0 Å². The summed E-state index contributed by atoms with van der Waals surface area (Å²) < 4.78 is 5.09. The SMILES string of the molecule is COC(=O)[C@@H]1C[C@H](N2CCCC2C)CN1C(=O)C(c1ccccc1)c1ccccc1. The van der Waals surface area contributed by atoms with Gasteiger partial charge >= 0.3 is 5.97 Å². The summed E-state index contributed by atoms with van der Waals surface area (Å²) in [6.07, 6.45) is 2.98. The molecule has 2 aromatic rings. The molecule has 3 atom stereocenters. The van der Waals surface area contributed by atoms with E-state index >= 15 is 0 Å². The van der Waals surface area contributed by atoms with E-state index in [0.29, 0.717) is 19.0 Å². The molecule has 0 aromatic heterocycles. The second-order valence-corrected chi connectivity index (χ2v) is 8.40. The Morgan fingerprint density at radius 2 is 1.60 bits per heavy atom. The van der Waals surface area contributed by atoms with Crippen molar-refractivity contribution in [3.63, 3.8) is 0 Å². The first-order chi connectivity index (χ1) is 14.6. The first-order valence-corrected chi connectivity index (χ1v) is 10.8. The van der Waals surface area contributed by atoms with Gasteiger partial charge in [-0.05, 0) is 43.9 Å². The van der Waals surface area contributed by atoms with Gasteiger partial charge in [-0.25, -0.2) is 4.79 Å². The summed E-state index contributed by atoms with van der Waals surface area (Å²) in [5, 5.41) is 0. The van der Waals surface area contributed by atoms with Gasteiger partial charge in [0.25, 0.3) is 0 Å². The topological polar surface area (TPSA) is 49.9 Å². The van der Waals surface area contributed by atoms with Crippen molar-refractivity contribution >= 4 is 11.9 Å². The number of methoxy groups -OCH3 is 1. The fourth-order valence-corrected chi connectivity index (χ4v) is 5.09. The van der Waals surface area contributed by atoms with Crippen molar-refractivity contribution in [1.82, 2.24) is 9.80 Å². The van der Waals surface area contributed by atoms with Crippen LogP contribution in [-0.4, -0.2) is 60.0 Å². The molecule has 0 aliphatic carbocycles. The molecule has 2 aromatic carbocycles. The molecular weight excluding hydrogens is 376 g/mol. The van der Waals surface area contributed by atoms with Gasteiger partial charge in [0, 0.05) is 18.6 Å². The number of amides is 1. The third-order valence-electron chi connectivity index (χ3n) is 6.62. The number of esters is 1. The zero-order chi connectivity index (χ0) is 21.1. The second kappa shape index (κ2) is 9.00. The minimum Gasteiger partial charge on any atom is -0.467 e. The van der Waals surface area contributed by atoms with E-state index in [0.717, 1.165) is 17.7 Å². The van der Waals surface area contributed by atoms with Crippen LogP contribution in [0.2, 0.25) is 0 Å². The lowest BCUT2D eigenvalue weighted by Crippen LogP contribution is -2.44. The van der Waals surface area contributed by atoms with Crippen molar-refractivity contribution < 1.29 is 14.3 Å². The Kier molecular flexibility index (Phi) is 6.18. The van der Waals surface area contributed by atoms with Gasteiger partial charge in [0.15, 0.2) is 0 Å². The highest BCUT2D eigenvalue weighted by atomic mass is 16.5. The van der Waals surface area contributed by atoms with Crippen LogP contribution in [0.25, 0.3) is 0 Å². The fourth-order valence-electron chi connectivity index (χ4n) is 5.09. The molecule has 0 saturated carbocycles. The molecule has 1 amide bonds. The molecule has 5 heteroatoms. The third kappa shape index (κ3) is 3.99. The molecule has 2 aliphatic heterocycles. The summed E-state index contributed by atoms with van der Waals surface area (Å²) in [4.78, 5) is 30.8. The normalized spacial score (nSPS) is 24.4. The van der Waals surface area contributed by atoms with Gasteiger partial charge in [-0.15, -0.1) is 0 Å². The van der Waals surface area contributed by atoms with Gasteiger partial charge in [-0.2, -0.15) is 0 Å². The zero-order valence-electron chi connectivity index (χ0n) is 17.7. The van der Waals surface area contributed by atoms with Crippen LogP contribution in [0.4, 0.5) is 0 Å². The number of nitrogens with zero attached hydrogens (tertiary/aromatic N) is 2. The number of rotatable bonds is 5. The average molecular weight is 407 g/mol. The quantitative estimate of drug-likeness (QED) is 0.714. The number of benzene rings is 2. The third-order valence-corrected chi connectivity index (χ3v) is 6.62. The van der Waals surface area contributed by atoms with Gasteiger partial charge < -0.3 is 9.64 Å². The lowest BCUT2D eigenvalue weighted by Gasteiger charge is -2.30. The molecule has 0 spiro atoms. The summed E-state index contributed by atoms with van der Waals surface area (Å²) in [7, 11) is 1.41. The number of likely N-dealkylation sites (tertiary alicyclic amines) is 2. The molecule has 2 fully saturated rings. The summed E-state index contributed by atoms with van der Waals surface area (Å²) in [5.41, 5.74) is 1.88. The lowest BCUT2D eigenvalue weighted by atomic mass is 9.90. The number of carbonyl (C=O) groups excluding carboxylic acids is 2. The van der Waals surface area contributed by atoms with Crippen molar-refractivity contribution in [3.05, 3.63) is 71.8 Å². The molecule has 4 rings (SSSR count). The predicted octanol–water partition coefficient (Wildman–Crippen LogP) is 3.45. The average Bonchev–Trinajstić information content (AvgIpc) is 3.41. The first-order valence-electron chi connectivity index (χ1n) is 10.8. The molecule has 0 N–H and O–H groups in total. The Balaban J connectivity index is 1.67. The van der Waals surface area contributed by atoms with Crippen LogP contribution >= 0.6 is 0 Å². The van der Waals surface area contributed by atoms with Crippen molar-refractivity contribution in [2.45, 2.75) is 50.2 Å². The van der Waals surface area contributed by atoms with Crippen LogP contribution in [0.1, 0.15) is 43.2 Å². The molecule has 158 valence electrons. The van der Waals surface area contributed by atoms with Gasteiger partial charge in [0.1, 0.15) is 6.04 Å². The maximum Gasteiger partial charge on any atom is 0.328 e. The number of hydrogen-bond acceptors (Lipinski definition) is 4. The Labute approximate surface area is 178 Å². The summed E-state index contributed by atoms with van der Waals surface area (Å²) in [6, 6.07) is 19.8. The number of hydrogen-bond donors (Lipinski definition) is 0. The molecule has 2 saturated heterocycles. The molecule has 0 bridgehead atoms. The zero-order valence-corrected chi connectivity index (χ0v) is 17.7. The van der Waals surface area contributed by atoms with E-state index in [9.17, 15) is 9.59 Å². The monoisotopic (exact) mass is 406 g/mol. The van der Waals surface area contributed by atoms with Crippen molar-refractivity contribution in [1.29, 1.82) is 0 Å². The largest absolute Gasteiger partial charge is 0.467 e. The minimum atomic E-state index is -0.532. The molecule has 2 heterocycles. The first kappa shape index (κ1) is 20.6. The van der Waals surface area contributed by atoms with E-state index in [1.165, 1.54) is 20.0 Å². The summed E-state index contributed by atoms with van der Waals surface area (Å²) >= 11 is 0. The van der Waals surface area contributed by atoms with E-state index in [2.05, 4.69) is 11.8 Å². The Bertz CT molecular complexity index is 831. The fraction of sp³-hybridized carbons (Fsp3) is 0.440. The van der Waals surface area contributed by atoms with E-state index in [4.69, 9.17) is 4.74 Å². The summed E-state index contributed by atoms with van der Waals surface area (Å²) in [6.45, 7) is 3.84. The number of carbonyl (C=O) groups is 2. The Hall–Kier alpha value is -2.66. The van der Waals surface area contributed by atoms with Gasteiger partial charge in [0.2, 0.25) is 5.91 Å². The van der Waals surface area contributed by atoms with Crippen LogP contribution < -0.4 is 0 Å². The number of ether oxygens (including phenoxy) is 1. The smallest absolute Gasteiger partial charge is 0.328 e. The van der Waals surface area contributed by atoms with Crippen molar-refractivity contribution in [3.8, 4) is 0 Å². The highest BCUT2D eigenvalue weighted by Crippen LogP contribution is 2.34. The predicted molar refractivity (Wildman–Crippen MR) is 116 cm³/mol. The molecule has 0 radical (unpaired) electrons. The Morgan fingerprint density at radius 1 is 1.00 bits per heavy atom. The van der Waals surface area contributed by atoms with Crippen molar-refractivity contribution in [2.24, 2.45) is 0 Å². The minimum absolute atomic E-state index is 0.0304. The standard InChI is InChI=1S/C25H30N2O3/c1-18-10-9-15-26(18)21-16-22(25(29)30-2)27(17-21)24(28)23(19-11-5-3-6-12-19)20-13-7-4-8-14-20/h3-8,11-14,18,21-23H,9-10,15-17H2,1-2H3/t18?,21-,22-/m0/s1. The molecule has 1 unspecified atom stereocenters. The molecule has 5 nitrogen and oxygen atoms in total. The van der Waals surface area contributed by atoms with Crippen LogP contribution in [0.5, 0.6) is 0 Å². The molecular formula is C25H30N2O3. The van der Waals surface area contributed by atoms with Gasteiger partial charge in [-0.1, -0.05) is 60.7 Å². The van der Waals surface area contributed by atoms with Crippen molar-refractivity contribution in [2.75, 3.05) is 20.2 Å². The van der Waals surface area contributed by atoms with E-state index in [1.807, 2.05) is 60.7 Å². The van der Waals surface area contributed by atoms with E-state index in [-0.39, 0.29) is 17.9 Å². The van der Waals surface area contributed by atoms with E-state index in [1.54, 1.807) is 4.90 Å². The van der Waals surface area contributed by atoms with Gasteiger partial charge in [-0.3, -0.25) is 9.69 Å². The van der Waals surface area contributed by atoms with Crippen LogP contribution in [-0.2, 0) is 14.3 Å².